The zero-order chi connectivity index (χ0) is 14.0. The Morgan fingerprint density at radius 1 is 1.26 bits per heavy atom. The molecule has 0 unspecified atom stereocenters. The summed E-state index contributed by atoms with van der Waals surface area (Å²) in [6.07, 6.45) is -4.24. The topological polar surface area (TPSA) is 105 Å². The van der Waals surface area contributed by atoms with Gasteiger partial charge in [0.2, 0.25) is 0 Å². The van der Waals surface area contributed by atoms with E-state index in [9.17, 15) is 10.2 Å². The van der Waals surface area contributed by atoms with Gasteiger partial charge in [-0.1, -0.05) is 12.1 Å². The van der Waals surface area contributed by atoms with Gasteiger partial charge in [0, 0.05) is 0 Å². The number of hydrogen-bond donors (Lipinski definition) is 5. The maximum absolute atomic E-state index is 10.0. The van der Waals surface area contributed by atoms with E-state index < -0.39 is 36.5 Å². The number of thiol groups is 1. The van der Waals surface area contributed by atoms with Crippen LogP contribution in [-0.2, 0) is 4.74 Å². The van der Waals surface area contributed by atoms with E-state index >= 15 is 0 Å². The predicted octanol–water partition coefficient (Wildman–Crippen LogP) is -0.615. The molecular weight excluding hydrogens is 270 g/mol. The number of nitrogens with two attached hydrogens (primary N) is 1. The summed E-state index contributed by atoms with van der Waals surface area (Å²) in [6, 6.07) is 6.80. The average Bonchev–Trinajstić information content (AvgIpc) is 2.41. The molecule has 106 valence electrons. The number of aliphatic hydroxyl groups is 3. The third-order valence-corrected chi connectivity index (χ3v) is 3.44. The van der Waals surface area contributed by atoms with Crippen LogP contribution in [0.4, 0.5) is 5.69 Å². The van der Waals surface area contributed by atoms with Gasteiger partial charge < -0.3 is 30.5 Å². The predicted molar refractivity (Wildman–Crippen MR) is 72.0 cm³/mol. The van der Waals surface area contributed by atoms with Crippen molar-refractivity contribution in [1.29, 1.82) is 0 Å². The maximum atomic E-state index is 10.0. The molecule has 6 nitrogen and oxygen atoms in total. The second-order valence-electron chi connectivity index (χ2n) is 4.35. The minimum absolute atomic E-state index is 0.379. The summed E-state index contributed by atoms with van der Waals surface area (Å²) in [5, 5.41) is 28.8. The third-order valence-electron chi connectivity index (χ3n) is 3.02. The molecule has 5 N–H and O–H groups in total. The number of benzene rings is 1. The Morgan fingerprint density at radius 3 is 2.58 bits per heavy atom. The molecule has 19 heavy (non-hydrogen) atoms. The molecule has 1 fully saturated rings. The highest BCUT2D eigenvalue weighted by Crippen LogP contribution is 2.29. The van der Waals surface area contributed by atoms with Crippen molar-refractivity contribution in [3.05, 3.63) is 24.3 Å². The summed E-state index contributed by atoms with van der Waals surface area (Å²) in [6.45, 7) is -0.407. The van der Waals surface area contributed by atoms with Gasteiger partial charge in [-0.15, -0.1) is 12.6 Å². The number of rotatable bonds is 3. The zero-order valence-corrected chi connectivity index (χ0v) is 11.0. The minimum Gasteiger partial charge on any atom is -0.482 e. The normalized spacial score (nSPS) is 35.1. The van der Waals surface area contributed by atoms with E-state index in [1.807, 2.05) is 0 Å². The van der Waals surface area contributed by atoms with Crippen molar-refractivity contribution in [3.8, 4) is 5.75 Å². The highest BCUT2D eigenvalue weighted by molar-refractivity contribution is 7.80. The van der Waals surface area contributed by atoms with Crippen LogP contribution >= 0.6 is 12.6 Å². The molecule has 0 spiro atoms. The van der Waals surface area contributed by atoms with Crippen molar-refractivity contribution in [2.75, 3.05) is 12.3 Å². The van der Waals surface area contributed by atoms with Crippen LogP contribution in [0.25, 0.3) is 0 Å². The Balaban J connectivity index is 2.14. The van der Waals surface area contributed by atoms with Crippen LogP contribution in [-0.4, -0.2) is 51.8 Å². The Labute approximate surface area is 116 Å². The largest absolute Gasteiger partial charge is 0.482 e. The van der Waals surface area contributed by atoms with Gasteiger partial charge >= 0.3 is 0 Å². The summed E-state index contributed by atoms with van der Waals surface area (Å²) in [5.74, 6) is 0.379. The number of anilines is 1. The summed E-state index contributed by atoms with van der Waals surface area (Å²) in [4.78, 5) is 0. The molecule has 5 atom stereocenters. The number of nitrogen functional groups attached to an aromatic ring is 1. The SMILES string of the molecule is Nc1ccccc1O[C@H]1[C@@H](O)[C@H](O)[C@@H](CO)O[C@H]1S. The monoisotopic (exact) mass is 287 g/mol. The fourth-order valence-electron chi connectivity index (χ4n) is 1.93. The number of hydrogen-bond acceptors (Lipinski definition) is 7. The molecule has 1 aliphatic rings. The van der Waals surface area contributed by atoms with E-state index in [0.29, 0.717) is 11.4 Å². The lowest BCUT2D eigenvalue weighted by atomic mass is 10.00. The molecule has 0 aliphatic carbocycles. The molecule has 1 aromatic carbocycles. The smallest absolute Gasteiger partial charge is 0.162 e. The molecule has 1 aromatic rings. The van der Waals surface area contributed by atoms with E-state index in [0.717, 1.165) is 0 Å². The van der Waals surface area contributed by atoms with Gasteiger partial charge in [0.05, 0.1) is 12.3 Å². The Bertz CT molecular complexity index is 432. The molecule has 7 heteroatoms. The van der Waals surface area contributed by atoms with Crippen molar-refractivity contribution < 1.29 is 24.8 Å². The number of ether oxygens (including phenoxy) is 2. The molecule has 2 rings (SSSR count). The van der Waals surface area contributed by atoms with Crippen molar-refractivity contribution in [2.45, 2.75) is 29.9 Å². The van der Waals surface area contributed by atoms with Gasteiger partial charge in [0.15, 0.2) is 6.10 Å². The lowest BCUT2D eigenvalue weighted by Crippen LogP contribution is -2.59. The van der Waals surface area contributed by atoms with Crippen LogP contribution in [0.2, 0.25) is 0 Å². The van der Waals surface area contributed by atoms with Crippen molar-refractivity contribution in [2.24, 2.45) is 0 Å². The van der Waals surface area contributed by atoms with E-state index in [4.69, 9.17) is 20.3 Å². The third kappa shape index (κ3) is 2.96. The van der Waals surface area contributed by atoms with Gasteiger partial charge in [0.25, 0.3) is 0 Å². The first-order chi connectivity index (χ1) is 9.04. The van der Waals surface area contributed by atoms with Crippen LogP contribution in [0.1, 0.15) is 0 Å². The molecule has 1 aliphatic heterocycles. The van der Waals surface area contributed by atoms with Crippen LogP contribution in [0.15, 0.2) is 24.3 Å². The Morgan fingerprint density at radius 2 is 1.95 bits per heavy atom. The Hall–Kier alpha value is -0.990. The van der Waals surface area contributed by atoms with Gasteiger partial charge in [-0.25, -0.2) is 0 Å². The fourth-order valence-corrected chi connectivity index (χ4v) is 2.33. The number of para-hydroxylation sites is 2. The van der Waals surface area contributed by atoms with Gasteiger partial charge in [-0.2, -0.15) is 0 Å². The first-order valence-electron chi connectivity index (χ1n) is 5.86. The average molecular weight is 287 g/mol. The highest BCUT2D eigenvalue weighted by atomic mass is 32.1. The summed E-state index contributed by atoms with van der Waals surface area (Å²) < 4.78 is 10.8. The first kappa shape index (κ1) is 14.4. The molecule has 0 radical (unpaired) electrons. The fraction of sp³-hybridized carbons (Fsp3) is 0.500. The van der Waals surface area contributed by atoms with E-state index in [2.05, 4.69) is 12.6 Å². The van der Waals surface area contributed by atoms with E-state index in [-0.39, 0.29) is 0 Å². The number of aliphatic hydroxyl groups excluding tert-OH is 3. The Kier molecular flexibility index (Phi) is 4.54. The van der Waals surface area contributed by atoms with Crippen LogP contribution in [0.3, 0.4) is 0 Å². The molecule has 1 heterocycles. The highest BCUT2D eigenvalue weighted by Gasteiger charge is 2.44. The maximum Gasteiger partial charge on any atom is 0.162 e. The minimum atomic E-state index is -1.25. The van der Waals surface area contributed by atoms with Crippen molar-refractivity contribution in [3.63, 3.8) is 0 Å². The molecule has 0 saturated carbocycles. The zero-order valence-electron chi connectivity index (χ0n) is 10.1. The van der Waals surface area contributed by atoms with E-state index in [1.54, 1.807) is 24.3 Å². The van der Waals surface area contributed by atoms with Gasteiger partial charge in [-0.3, -0.25) is 0 Å². The lowest BCUT2D eigenvalue weighted by molar-refractivity contribution is -0.198. The standard InChI is InChI=1S/C12H17NO5S/c13-6-3-1-2-4-7(6)17-11-10(16)9(15)8(5-14)18-12(11)19/h1-4,8-12,14-16,19H,5,13H2/t8-,9-,10+,11+,12+/m1/s1. The summed E-state index contributed by atoms with van der Waals surface area (Å²) in [7, 11) is 0. The van der Waals surface area contributed by atoms with Gasteiger partial charge in [-0.05, 0) is 12.1 Å². The lowest BCUT2D eigenvalue weighted by Gasteiger charge is -2.40. The van der Waals surface area contributed by atoms with Crippen LogP contribution < -0.4 is 10.5 Å². The van der Waals surface area contributed by atoms with Crippen molar-refractivity contribution in [1.82, 2.24) is 0 Å². The quantitative estimate of drug-likeness (QED) is 0.375. The summed E-state index contributed by atoms with van der Waals surface area (Å²) >= 11 is 4.16. The molecular formula is C12H17NO5S. The van der Waals surface area contributed by atoms with E-state index in [1.165, 1.54) is 0 Å². The molecule has 0 bridgehead atoms. The molecule has 0 aromatic heterocycles. The second-order valence-corrected chi connectivity index (χ2v) is 4.86. The van der Waals surface area contributed by atoms with Crippen LogP contribution in [0.5, 0.6) is 5.75 Å². The molecule has 0 amide bonds. The molecule has 1 saturated heterocycles. The first-order valence-corrected chi connectivity index (χ1v) is 6.38. The van der Waals surface area contributed by atoms with Crippen LogP contribution in [0, 0.1) is 0 Å². The second kappa shape index (κ2) is 5.98. The van der Waals surface area contributed by atoms with Gasteiger partial charge in [0.1, 0.15) is 29.5 Å². The summed E-state index contributed by atoms with van der Waals surface area (Å²) in [5.41, 5.74) is 5.37. The van der Waals surface area contributed by atoms with Crippen molar-refractivity contribution >= 4 is 18.3 Å².